The molecule has 1 saturated carbocycles. The second-order valence-corrected chi connectivity index (χ2v) is 7.37. The van der Waals surface area contributed by atoms with Gasteiger partial charge in [0.15, 0.2) is 0 Å². The Kier molecular flexibility index (Phi) is 4.53. The lowest BCUT2D eigenvalue weighted by Gasteiger charge is -2.30. The van der Waals surface area contributed by atoms with Gasteiger partial charge in [-0.1, -0.05) is 18.2 Å². The summed E-state index contributed by atoms with van der Waals surface area (Å²) in [6, 6.07) is 8.42. The van der Waals surface area contributed by atoms with E-state index in [0.717, 1.165) is 37.9 Å². The van der Waals surface area contributed by atoms with Crippen molar-refractivity contribution in [3.8, 4) is 0 Å². The Morgan fingerprint density at radius 1 is 1.15 bits per heavy atom. The molecule has 2 heterocycles. The fourth-order valence-corrected chi connectivity index (χ4v) is 3.87. The predicted molar refractivity (Wildman–Crippen MR) is 96.1 cm³/mol. The predicted octanol–water partition coefficient (Wildman–Crippen LogP) is 0.598. The third-order valence-electron chi connectivity index (χ3n) is 5.38. The van der Waals surface area contributed by atoms with Crippen LogP contribution in [0.2, 0.25) is 0 Å². The van der Waals surface area contributed by atoms with Crippen LogP contribution in [0.25, 0.3) is 0 Å². The monoisotopic (exact) mass is 356 g/mol. The SMILES string of the molecule is O=C(CN1CCCc2ccccc21)NNC(=O)[C@H]1CC(=O)N(C2CC2)C1. The molecule has 2 N–H and O–H groups in total. The maximum Gasteiger partial charge on any atom is 0.257 e. The van der Waals surface area contributed by atoms with E-state index in [0.29, 0.717) is 12.6 Å². The number of nitrogens with one attached hydrogen (secondary N) is 2. The highest BCUT2D eigenvalue weighted by Crippen LogP contribution is 2.32. The van der Waals surface area contributed by atoms with Gasteiger partial charge in [-0.05, 0) is 37.3 Å². The molecule has 1 aromatic rings. The van der Waals surface area contributed by atoms with Gasteiger partial charge in [-0.15, -0.1) is 0 Å². The van der Waals surface area contributed by atoms with Gasteiger partial charge in [0.1, 0.15) is 0 Å². The number of nitrogens with zero attached hydrogens (tertiary/aromatic N) is 2. The average molecular weight is 356 g/mol. The minimum absolute atomic E-state index is 0.0453. The highest BCUT2D eigenvalue weighted by Gasteiger charge is 2.41. The lowest BCUT2D eigenvalue weighted by molar-refractivity contribution is -0.131. The van der Waals surface area contributed by atoms with Crippen LogP contribution < -0.4 is 15.8 Å². The third-order valence-corrected chi connectivity index (χ3v) is 5.38. The van der Waals surface area contributed by atoms with Gasteiger partial charge in [0.05, 0.1) is 12.5 Å². The number of para-hydroxylation sites is 1. The standard InChI is InChI=1S/C19H24N4O3/c24-17(12-22-9-3-5-13-4-1-2-6-16(13)22)20-21-19(26)14-10-18(25)23(11-14)15-7-8-15/h1-2,4,6,14-15H,3,5,7-12H2,(H,20,24)(H,21,26)/t14-/m0/s1. The fourth-order valence-electron chi connectivity index (χ4n) is 3.87. The molecule has 0 radical (unpaired) electrons. The first-order valence-electron chi connectivity index (χ1n) is 9.33. The number of hydrogen-bond acceptors (Lipinski definition) is 4. The summed E-state index contributed by atoms with van der Waals surface area (Å²) in [5.41, 5.74) is 7.33. The summed E-state index contributed by atoms with van der Waals surface area (Å²) in [6.07, 6.45) is 4.34. The minimum atomic E-state index is -0.376. The van der Waals surface area contributed by atoms with E-state index < -0.39 is 0 Å². The second kappa shape index (κ2) is 6.97. The number of likely N-dealkylation sites (tertiary alicyclic amines) is 1. The zero-order valence-electron chi connectivity index (χ0n) is 14.7. The van der Waals surface area contributed by atoms with E-state index in [1.54, 1.807) is 4.90 Å². The largest absolute Gasteiger partial charge is 0.362 e. The highest BCUT2D eigenvalue weighted by atomic mass is 16.2. The van der Waals surface area contributed by atoms with Crippen molar-refractivity contribution in [2.75, 3.05) is 24.5 Å². The van der Waals surface area contributed by atoms with Crippen LogP contribution in [0.1, 0.15) is 31.2 Å². The smallest absolute Gasteiger partial charge is 0.257 e. The van der Waals surface area contributed by atoms with Gasteiger partial charge in [-0.25, -0.2) is 0 Å². The van der Waals surface area contributed by atoms with Crippen molar-refractivity contribution in [3.05, 3.63) is 29.8 Å². The van der Waals surface area contributed by atoms with Crippen LogP contribution in [0.4, 0.5) is 5.69 Å². The normalized spacial score (nSPS) is 22.2. The number of hydrogen-bond donors (Lipinski definition) is 2. The number of carbonyl (C=O) groups excluding carboxylic acids is 3. The quantitative estimate of drug-likeness (QED) is 0.774. The summed E-state index contributed by atoms with van der Waals surface area (Å²) >= 11 is 0. The molecular formula is C19H24N4O3. The van der Waals surface area contributed by atoms with Gasteiger partial charge in [0.2, 0.25) is 11.8 Å². The molecule has 7 heteroatoms. The fraction of sp³-hybridized carbons (Fsp3) is 0.526. The van der Waals surface area contributed by atoms with Crippen LogP contribution in [-0.4, -0.2) is 48.3 Å². The molecule has 2 aliphatic heterocycles. The number of benzene rings is 1. The summed E-state index contributed by atoms with van der Waals surface area (Å²) in [5.74, 6) is -0.865. The summed E-state index contributed by atoms with van der Waals surface area (Å²) in [6.45, 7) is 1.49. The van der Waals surface area contributed by atoms with Crippen molar-refractivity contribution in [1.29, 1.82) is 0 Å². The number of carbonyl (C=O) groups is 3. The first-order valence-corrected chi connectivity index (χ1v) is 9.33. The van der Waals surface area contributed by atoms with E-state index in [4.69, 9.17) is 0 Å². The van der Waals surface area contributed by atoms with E-state index in [1.807, 2.05) is 23.1 Å². The lowest BCUT2D eigenvalue weighted by Crippen LogP contribution is -2.49. The maximum absolute atomic E-state index is 12.3. The summed E-state index contributed by atoms with van der Waals surface area (Å²) in [4.78, 5) is 40.3. The van der Waals surface area contributed by atoms with Crippen LogP contribution in [0.3, 0.4) is 0 Å². The number of rotatable bonds is 4. The van der Waals surface area contributed by atoms with Gasteiger partial charge >= 0.3 is 0 Å². The summed E-state index contributed by atoms with van der Waals surface area (Å²) < 4.78 is 0. The molecule has 26 heavy (non-hydrogen) atoms. The Labute approximate surface area is 152 Å². The zero-order chi connectivity index (χ0) is 18.1. The van der Waals surface area contributed by atoms with Crippen LogP contribution in [0.15, 0.2) is 24.3 Å². The Balaban J connectivity index is 1.27. The molecule has 138 valence electrons. The number of amides is 3. The second-order valence-electron chi connectivity index (χ2n) is 7.37. The number of anilines is 1. The molecule has 0 spiro atoms. The Bertz CT molecular complexity index is 731. The molecule has 1 aliphatic carbocycles. The summed E-state index contributed by atoms with van der Waals surface area (Å²) in [5, 5.41) is 0. The Morgan fingerprint density at radius 3 is 2.77 bits per heavy atom. The van der Waals surface area contributed by atoms with Crippen molar-refractivity contribution < 1.29 is 14.4 Å². The maximum atomic E-state index is 12.3. The van der Waals surface area contributed by atoms with E-state index in [9.17, 15) is 14.4 Å². The molecular weight excluding hydrogens is 332 g/mol. The molecule has 0 bridgehead atoms. The zero-order valence-corrected chi connectivity index (χ0v) is 14.7. The van der Waals surface area contributed by atoms with Gasteiger partial charge in [-0.3, -0.25) is 25.2 Å². The first-order chi connectivity index (χ1) is 12.6. The van der Waals surface area contributed by atoms with Crippen molar-refractivity contribution in [2.24, 2.45) is 5.92 Å². The van der Waals surface area contributed by atoms with Crippen molar-refractivity contribution >= 4 is 23.4 Å². The van der Waals surface area contributed by atoms with Gasteiger partial charge in [0, 0.05) is 31.2 Å². The Morgan fingerprint density at radius 2 is 1.96 bits per heavy atom. The van der Waals surface area contributed by atoms with Crippen LogP contribution >= 0.6 is 0 Å². The molecule has 4 rings (SSSR count). The molecule has 3 amide bonds. The van der Waals surface area contributed by atoms with Crippen molar-refractivity contribution in [3.63, 3.8) is 0 Å². The van der Waals surface area contributed by atoms with E-state index >= 15 is 0 Å². The molecule has 3 aliphatic rings. The molecule has 1 aromatic carbocycles. The third kappa shape index (κ3) is 3.52. The van der Waals surface area contributed by atoms with Gasteiger partial charge in [0.25, 0.3) is 5.91 Å². The van der Waals surface area contributed by atoms with Crippen LogP contribution in [0, 0.1) is 5.92 Å². The number of aryl methyl sites for hydroxylation is 1. The minimum Gasteiger partial charge on any atom is -0.362 e. The Hall–Kier alpha value is -2.57. The van der Waals surface area contributed by atoms with Crippen LogP contribution in [0.5, 0.6) is 0 Å². The topological polar surface area (TPSA) is 81.8 Å². The summed E-state index contributed by atoms with van der Waals surface area (Å²) in [7, 11) is 0. The van der Waals surface area contributed by atoms with Crippen LogP contribution in [-0.2, 0) is 20.8 Å². The number of hydrazine groups is 1. The van der Waals surface area contributed by atoms with Crippen molar-refractivity contribution in [1.82, 2.24) is 15.8 Å². The van der Waals surface area contributed by atoms with E-state index in [1.165, 1.54) is 5.56 Å². The molecule has 7 nitrogen and oxygen atoms in total. The first kappa shape index (κ1) is 16.9. The highest BCUT2D eigenvalue weighted by molar-refractivity contribution is 5.91. The van der Waals surface area contributed by atoms with Gasteiger partial charge in [-0.2, -0.15) is 0 Å². The molecule has 1 saturated heterocycles. The van der Waals surface area contributed by atoms with E-state index in [-0.39, 0.29) is 36.6 Å². The van der Waals surface area contributed by atoms with Crippen molar-refractivity contribution in [2.45, 2.75) is 38.1 Å². The lowest BCUT2D eigenvalue weighted by atomic mass is 10.0. The van der Waals surface area contributed by atoms with E-state index in [2.05, 4.69) is 16.9 Å². The average Bonchev–Trinajstić information content (AvgIpc) is 3.42. The van der Waals surface area contributed by atoms with Gasteiger partial charge < -0.3 is 9.80 Å². The molecule has 1 atom stereocenters. The molecule has 2 fully saturated rings. The number of fused-ring (bicyclic) bond motifs is 1. The molecule has 0 unspecified atom stereocenters. The molecule has 0 aromatic heterocycles.